The molecule has 1 atom stereocenters. The number of ether oxygens (including phenoxy) is 2. The van der Waals surface area contributed by atoms with Crippen LogP contribution in [0.4, 0.5) is 8.78 Å². The minimum Gasteiger partial charge on any atom is -0.489 e. The summed E-state index contributed by atoms with van der Waals surface area (Å²) in [7, 11) is 0. The quantitative estimate of drug-likeness (QED) is 0.933. The van der Waals surface area contributed by atoms with Crippen LogP contribution in [0.25, 0.3) is 0 Å². The van der Waals surface area contributed by atoms with Crippen molar-refractivity contribution >= 4 is 6.02 Å². The molecular weight excluding hydrogens is 314 g/mol. The van der Waals surface area contributed by atoms with E-state index in [1.165, 1.54) is 6.92 Å². The number of rotatable bonds is 4. The van der Waals surface area contributed by atoms with Gasteiger partial charge in [-0.15, -0.1) is 0 Å². The van der Waals surface area contributed by atoms with Gasteiger partial charge in [-0.05, 0) is 30.2 Å². The van der Waals surface area contributed by atoms with Crippen LogP contribution in [0.2, 0.25) is 0 Å². The molecule has 0 saturated carbocycles. The zero-order valence-electron chi connectivity index (χ0n) is 13.2. The zero-order valence-corrected chi connectivity index (χ0v) is 13.2. The van der Waals surface area contributed by atoms with Crippen molar-refractivity contribution in [3.63, 3.8) is 0 Å². The van der Waals surface area contributed by atoms with Crippen molar-refractivity contribution in [2.75, 3.05) is 6.61 Å². The highest BCUT2D eigenvalue weighted by atomic mass is 19.3. The molecule has 1 unspecified atom stereocenters. The molecule has 2 aromatic carbocycles. The minimum absolute atomic E-state index is 0.237. The van der Waals surface area contributed by atoms with Gasteiger partial charge in [0.05, 0.1) is 0 Å². The molecular formula is C18H18F2N2O2. The van der Waals surface area contributed by atoms with E-state index in [0.29, 0.717) is 17.9 Å². The Kier molecular flexibility index (Phi) is 4.13. The van der Waals surface area contributed by atoms with Crippen molar-refractivity contribution in [1.82, 2.24) is 0 Å². The fraction of sp³-hybridized carbons (Fsp3) is 0.278. The van der Waals surface area contributed by atoms with Gasteiger partial charge >= 0.3 is 5.92 Å². The molecule has 3 rings (SSSR count). The molecule has 0 aliphatic carbocycles. The number of hydrogen-bond acceptors (Lipinski definition) is 4. The Morgan fingerprint density at radius 3 is 2.67 bits per heavy atom. The summed E-state index contributed by atoms with van der Waals surface area (Å²) in [4.78, 5) is 3.86. The highest BCUT2D eigenvalue weighted by Gasteiger charge is 2.55. The van der Waals surface area contributed by atoms with Crippen molar-refractivity contribution in [2.24, 2.45) is 10.7 Å². The first-order valence-electron chi connectivity index (χ1n) is 7.54. The maximum Gasteiger partial charge on any atom is 0.310 e. The third-order valence-electron chi connectivity index (χ3n) is 4.09. The average Bonchev–Trinajstić information content (AvgIpc) is 2.58. The summed E-state index contributed by atoms with van der Waals surface area (Å²) in [6, 6.07) is 15.9. The Hall–Kier alpha value is -2.63. The van der Waals surface area contributed by atoms with Gasteiger partial charge in [-0.2, -0.15) is 8.78 Å². The van der Waals surface area contributed by atoms with E-state index in [2.05, 4.69) is 4.99 Å². The number of nitrogens with two attached hydrogens (primary N) is 1. The van der Waals surface area contributed by atoms with Gasteiger partial charge in [0.1, 0.15) is 12.4 Å². The van der Waals surface area contributed by atoms with Gasteiger partial charge in [-0.1, -0.05) is 42.5 Å². The van der Waals surface area contributed by atoms with E-state index in [1.807, 2.05) is 30.3 Å². The van der Waals surface area contributed by atoms with E-state index in [-0.39, 0.29) is 6.02 Å². The zero-order chi connectivity index (χ0) is 17.2. The van der Waals surface area contributed by atoms with Crippen molar-refractivity contribution in [3.8, 4) is 5.75 Å². The Morgan fingerprint density at radius 1 is 1.17 bits per heavy atom. The van der Waals surface area contributed by atoms with Crippen molar-refractivity contribution in [2.45, 2.75) is 25.0 Å². The molecule has 0 saturated heterocycles. The van der Waals surface area contributed by atoms with E-state index < -0.39 is 18.1 Å². The third kappa shape index (κ3) is 3.04. The van der Waals surface area contributed by atoms with E-state index >= 15 is 0 Å². The van der Waals surface area contributed by atoms with Crippen LogP contribution in [0.15, 0.2) is 59.6 Å². The molecule has 6 heteroatoms. The number of alkyl halides is 2. The fourth-order valence-corrected chi connectivity index (χ4v) is 2.54. The summed E-state index contributed by atoms with van der Waals surface area (Å²) in [5.41, 5.74) is 5.03. The van der Waals surface area contributed by atoms with E-state index in [0.717, 1.165) is 5.56 Å². The molecule has 0 bridgehead atoms. The first kappa shape index (κ1) is 16.2. The van der Waals surface area contributed by atoms with Crippen LogP contribution in [-0.4, -0.2) is 18.6 Å². The van der Waals surface area contributed by atoms with Crippen LogP contribution in [0.5, 0.6) is 5.75 Å². The summed E-state index contributed by atoms with van der Waals surface area (Å²) in [5, 5.41) is 0. The predicted molar refractivity (Wildman–Crippen MR) is 87.1 cm³/mol. The first-order chi connectivity index (χ1) is 11.4. The van der Waals surface area contributed by atoms with Gasteiger partial charge in [0.25, 0.3) is 6.02 Å². The molecule has 0 spiro atoms. The molecule has 4 nitrogen and oxygen atoms in total. The highest BCUT2D eigenvalue weighted by Crippen LogP contribution is 2.44. The maximum absolute atomic E-state index is 14.4. The molecule has 0 aromatic heterocycles. The van der Waals surface area contributed by atoms with Gasteiger partial charge in [-0.3, -0.25) is 0 Å². The molecule has 1 aliphatic heterocycles. The number of benzene rings is 2. The number of hydrogen-bond donors (Lipinski definition) is 1. The van der Waals surface area contributed by atoms with E-state index in [4.69, 9.17) is 15.2 Å². The van der Waals surface area contributed by atoms with Gasteiger partial charge in [-0.25, -0.2) is 4.99 Å². The van der Waals surface area contributed by atoms with Crippen LogP contribution >= 0.6 is 0 Å². The number of nitrogens with zero attached hydrogens (tertiary/aromatic N) is 1. The number of amidine groups is 1. The van der Waals surface area contributed by atoms with Gasteiger partial charge in [0.15, 0.2) is 12.1 Å². The largest absolute Gasteiger partial charge is 0.489 e. The molecule has 24 heavy (non-hydrogen) atoms. The highest BCUT2D eigenvalue weighted by molar-refractivity contribution is 5.73. The Bertz CT molecular complexity index is 750. The molecule has 1 aliphatic rings. The van der Waals surface area contributed by atoms with Gasteiger partial charge in [0, 0.05) is 0 Å². The first-order valence-corrected chi connectivity index (χ1v) is 7.54. The summed E-state index contributed by atoms with van der Waals surface area (Å²) in [5.74, 6) is -2.68. The molecule has 126 valence electrons. The lowest BCUT2D eigenvalue weighted by molar-refractivity contribution is -0.116. The van der Waals surface area contributed by atoms with E-state index in [9.17, 15) is 8.78 Å². The van der Waals surface area contributed by atoms with Crippen LogP contribution in [-0.2, 0) is 16.9 Å². The Labute approximate surface area is 138 Å². The average molecular weight is 332 g/mol. The molecule has 0 radical (unpaired) electrons. The lowest BCUT2D eigenvalue weighted by Gasteiger charge is -2.37. The van der Waals surface area contributed by atoms with Crippen LogP contribution in [0.1, 0.15) is 18.1 Å². The second kappa shape index (κ2) is 6.11. The molecule has 0 amide bonds. The van der Waals surface area contributed by atoms with Crippen LogP contribution < -0.4 is 10.5 Å². The Balaban J connectivity index is 1.86. The monoisotopic (exact) mass is 332 g/mol. The standard InChI is InChI=1S/C18H18F2N2O2/c1-17(18(19,20)12-24-16(21)22-17)14-8-5-9-15(10-14)23-11-13-6-3-2-4-7-13/h2-10H,11-12H2,1H3,(H2,21,22). The second-order valence-electron chi connectivity index (χ2n) is 5.82. The fourth-order valence-electron chi connectivity index (χ4n) is 2.54. The molecule has 2 aromatic rings. The second-order valence-corrected chi connectivity index (χ2v) is 5.82. The number of halogens is 2. The summed E-state index contributed by atoms with van der Waals surface area (Å²) >= 11 is 0. The molecule has 2 N–H and O–H groups in total. The Morgan fingerprint density at radius 2 is 1.92 bits per heavy atom. The van der Waals surface area contributed by atoms with Crippen molar-refractivity contribution < 1.29 is 18.3 Å². The SMILES string of the molecule is CC1(c2cccc(OCc3ccccc3)c2)N=C(N)OCC1(F)F. The smallest absolute Gasteiger partial charge is 0.310 e. The van der Waals surface area contributed by atoms with E-state index in [1.54, 1.807) is 24.3 Å². The normalized spacial score (nSPS) is 22.4. The third-order valence-corrected chi connectivity index (χ3v) is 4.09. The lowest BCUT2D eigenvalue weighted by atomic mass is 9.85. The van der Waals surface area contributed by atoms with Gasteiger partial charge in [0.2, 0.25) is 0 Å². The molecule has 1 heterocycles. The predicted octanol–water partition coefficient (Wildman–Crippen LogP) is 3.46. The minimum atomic E-state index is -3.17. The van der Waals surface area contributed by atoms with Crippen LogP contribution in [0.3, 0.4) is 0 Å². The van der Waals surface area contributed by atoms with Crippen molar-refractivity contribution in [1.29, 1.82) is 0 Å². The maximum atomic E-state index is 14.4. The van der Waals surface area contributed by atoms with Crippen LogP contribution in [0, 0.1) is 0 Å². The summed E-state index contributed by atoms with van der Waals surface area (Å²) < 4.78 is 39.1. The summed E-state index contributed by atoms with van der Waals surface area (Å²) in [6.07, 6.45) is 0. The van der Waals surface area contributed by atoms with Gasteiger partial charge < -0.3 is 15.2 Å². The number of aliphatic imine (C=N–C) groups is 1. The topological polar surface area (TPSA) is 56.8 Å². The lowest BCUT2D eigenvalue weighted by Crippen LogP contribution is -2.50. The van der Waals surface area contributed by atoms with Crippen molar-refractivity contribution in [3.05, 3.63) is 65.7 Å². The molecule has 0 fully saturated rings. The summed E-state index contributed by atoms with van der Waals surface area (Å²) in [6.45, 7) is 0.901.